The minimum atomic E-state index is -0.617. The first-order valence-corrected chi connectivity index (χ1v) is 6.57. The van der Waals surface area contributed by atoms with Gasteiger partial charge in [0, 0.05) is 10.7 Å². The minimum Gasteiger partial charge on any atom is -0.481 e. The summed E-state index contributed by atoms with van der Waals surface area (Å²) in [5.74, 6) is 0.366. The van der Waals surface area contributed by atoms with Crippen LogP contribution in [0.2, 0.25) is 5.02 Å². The summed E-state index contributed by atoms with van der Waals surface area (Å²) < 4.78 is 5.59. The topological polar surface area (TPSA) is 50.7 Å². The molecule has 0 aliphatic heterocycles. The summed E-state index contributed by atoms with van der Waals surface area (Å²) in [5.41, 5.74) is 4.24. The molecule has 1 atom stereocenters. The van der Waals surface area contributed by atoms with Crippen molar-refractivity contribution in [3.63, 3.8) is 0 Å². The highest BCUT2D eigenvalue weighted by Crippen LogP contribution is 2.22. The van der Waals surface area contributed by atoms with Gasteiger partial charge in [-0.15, -0.1) is 0 Å². The third-order valence-electron chi connectivity index (χ3n) is 2.68. The Morgan fingerprint density at radius 1 is 1.53 bits per heavy atom. The van der Waals surface area contributed by atoms with E-state index in [9.17, 15) is 4.79 Å². The van der Waals surface area contributed by atoms with Gasteiger partial charge in [0.15, 0.2) is 6.10 Å². The van der Waals surface area contributed by atoms with Gasteiger partial charge in [0.25, 0.3) is 5.91 Å². The van der Waals surface area contributed by atoms with E-state index >= 15 is 0 Å². The summed E-state index contributed by atoms with van der Waals surface area (Å²) in [6, 6.07) is 5.27. The number of ether oxygens (including phenoxy) is 1. The third kappa shape index (κ3) is 4.91. The smallest absolute Gasteiger partial charge is 0.280 e. The maximum absolute atomic E-state index is 11.8. The van der Waals surface area contributed by atoms with Crippen LogP contribution in [0.3, 0.4) is 0 Å². The van der Waals surface area contributed by atoms with Crippen molar-refractivity contribution in [1.29, 1.82) is 0 Å². The van der Waals surface area contributed by atoms with Crippen molar-refractivity contribution in [1.82, 2.24) is 5.43 Å². The molecule has 0 fully saturated rings. The van der Waals surface area contributed by atoms with E-state index in [1.165, 1.54) is 0 Å². The summed E-state index contributed by atoms with van der Waals surface area (Å²) in [5, 5.41) is 4.60. The van der Waals surface area contributed by atoms with Gasteiger partial charge in [-0.25, -0.2) is 5.43 Å². The number of carbonyl (C=O) groups is 1. The average Bonchev–Trinajstić information content (AvgIpc) is 2.38. The third-order valence-corrected chi connectivity index (χ3v) is 2.91. The number of hydrogen-bond acceptors (Lipinski definition) is 3. The summed E-state index contributed by atoms with van der Waals surface area (Å²) in [6.07, 6.45) is 0.180. The van der Waals surface area contributed by atoms with Crippen molar-refractivity contribution in [2.75, 3.05) is 0 Å². The van der Waals surface area contributed by atoms with Crippen LogP contribution in [-0.2, 0) is 4.79 Å². The van der Waals surface area contributed by atoms with Crippen LogP contribution in [0.15, 0.2) is 23.3 Å². The lowest BCUT2D eigenvalue weighted by molar-refractivity contribution is -0.127. The molecule has 19 heavy (non-hydrogen) atoms. The summed E-state index contributed by atoms with van der Waals surface area (Å²) >= 11 is 5.86. The van der Waals surface area contributed by atoms with Crippen LogP contribution in [0.25, 0.3) is 0 Å². The Hall–Kier alpha value is -1.55. The van der Waals surface area contributed by atoms with Crippen LogP contribution >= 0.6 is 11.6 Å². The fourth-order valence-electron chi connectivity index (χ4n) is 1.31. The minimum absolute atomic E-state index is 0.276. The molecular formula is C14H19ClN2O2. The van der Waals surface area contributed by atoms with Gasteiger partial charge in [-0.2, -0.15) is 5.10 Å². The molecule has 0 radical (unpaired) electrons. The monoisotopic (exact) mass is 282 g/mol. The zero-order valence-electron chi connectivity index (χ0n) is 11.7. The number of aryl methyl sites for hydroxylation is 1. The highest BCUT2D eigenvalue weighted by atomic mass is 35.5. The number of nitrogens with zero attached hydrogens (tertiary/aromatic N) is 1. The molecule has 0 saturated heterocycles. The summed E-state index contributed by atoms with van der Waals surface area (Å²) in [4.78, 5) is 11.8. The highest BCUT2D eigenvalue weighted by molar-refractivity contribution is 6.30. The molecule has 1 amide bonds. The molecule has 5 heteroatoms. The fraction of sp³-hybridized carbons (Fsp3) is 0.429. The Balaban J connectivity index is 2.63. The molecule has 104 valence electrons. The first kappa shape index (κ1) is 15.5. The molecule has 1 unspecified atom stereocenters. The SMILES string of the molecule is CC/C(C)=N\NC(=O)C(C)Oc1ccc(Cl)cc1C. The molecule has 4 nitrogen and oxygen atoms in total. The highest BCUT2D eigenvalue weighted by Gasteiger charge is 2.15. The Labute approximate surface area is 118 Å². The van der Waals surface area contributed by atoms with Gasteiger partial charge in [0.1, 0.15) is 5.75 Å². The van der Waals surface area contributed by atoms with Crippen LogP contribution in [0.5, 0.6) is 5.75 Å². The van der Waals surface area contributed by atoms with E-state index in [4.69, 9.17) is 16.3 Å². The number of benzene rings is 1. The molecule has 0 saturated carbocycles. The van der Waals surface area contributed by atoms with Crippen LogP contribution < -0.4 is 10.2 Å². The predicted molar refractivity (Wildman–Crippen MR) is 77.8 cm³/mol. The Morgan fingerprint density at radius 3 is 2.79 bits per heavy atom. The molecule has 1 aromatic carbocycles. The van der Waals surface area contributed by atoms with Crippen LogP contribution in [0.1, 0.15) is 32.8 Å². The number of hydrogen-bond donors (Lipinski definition) is 1. The second kappa shape index (κ2) is 7.14. The van der Waals surface area contributed by atoms with Crippen molar-refractivity contribution in [3.05, 3.63) is 28.8 Å². The molecule has 1 rings (SSSR count). The first-order chi connectivity index (χ1) is 8.93. The van der Waals surface area contributed by atoms with Gasteiger partial charge >= 0.3 is 0 Å². The lowest BCUT2D eigenvalue weighted by Crippen LogP contribution is -2.34. The Morgan fingerprint density at radius 2 is 2.21 bits per heavy atom. The molecule has 1 N–H and O–H groups in total. The van der Waals surface area contributed by atoms with E-state index in [1.54, 1.807) is 25.1 Å². The number of hydrazone groups is 1. The molecule has 0 aliphatic rings. The predicted octanol–water partition coefficient (Wildman–Crippen LogP) is 3.32. The molecule has 0 bridgehead atoms. The van der Waals surface area contributed by atoms with Gasteiger partial charge in [0.2, 0.25) is 0 Å². The number of halogens is 1. The molecule has 0 aliphatic carbocycles. The molecule has 0 heterocycles. The van der Waals surface area contributed by atoms with E-state index in [-0.39, 0.29) is 5.91 Å². The molecule has 0 spiro atoms. The quantitative estimate of drug-likeness (QED) is 0.665. The zero-order valence-corrected chi connectivity index (χ0v) is 12.4. The Kier molecular flexibility index (Phi) is 5.83. The number of carbonyl (C=O) groups excluding carboxylic acids is 1. The van der Waals surface area contributed by atoms with E-state index in [0.29, 0.717) is 10.8 Å². The maximum Gasteiger partial charge on any atom is 0.280 e. The molecule has 1 aromatic rings. The van der Waals surface area contributed by atoms with Crippen molar-refractivity contribution < 1.29 is 9.53 Å². The largest absolute Gasteiger partial charge is 0.481 e. The van der Waals surface area contributed by atoms with E-state index in [1.807, 2.05) is 20.8 Å². The van der Waals surface area contributed by atoms with Gasteiger partial charge < -0.3 is 4.74 Å². The van der Waals surface area contributed by atoms with E-state index < -0.39 is 6.10 Å². The van der Waals surface area contributed by atoms with Crippen LogP contribution in [-0.4, -0.2) is 17.7 Å². The van der Waals surface area contributed by atoms with Crippen LogP contribution in [0, 0.1) is 6.92 Å². The standard InChI is InChI=1S/C14H19ClN2O2/c1-5-10(3)16-17-14(18)11(4)19-13-7-6-12(15)8-9(13)2/h6-8,11H,5H2,1-4H3,(H,17,18)/b16-10-. The molecule has 0 aromatic heterocycles. The lowest BCUT2D eigenvalue weighted by atomic mass is 10.2. The summed E-state index contributed by atoms with van der Waals surface area (Å²) in [7, 11) is 0. The van der Waals surface area contributed by atoms with Gasteiger partial charge in [-0.3, -0.25) is 4.79 Å². The maximum atomic E-state index is 11.8. The van der Waals surface area contributed by atoms with Gasteiger partial charge in [0.05, 0.1) is 0 Å². The van der Waals surface area contributed by atoms with Gasteiger partial charge in [-0.1, -0.05) is 18.5 Å². The number of rotatable bonds is 5. The van der Waals surface area contributed by atoms with Gasteiger partial charge in [-0.05, 0) is 51.0 Å². The zero-order chi connectivity index (χ0) is 14.4. The van der Waals surface area contributed by atoms with E-state index in [2.05, 4.69) is 10.5 Å². The van der Waals surface area contributed by atoms with Crippen molar-refractivity contribution >= 4 is 23.2 Å². The average molecular weight is 283 g/mol. The normalized spacial score (nSPS) is 13.0. The van der Waals surface area contributed by atoms with Crippen LogP contribution in [0.4, 0.5) is 0 Å². The number of nitrogens with one attached hydrogen (secondary N) is 1. The van der Waals surface area contributed by atoms with Crippen molar-refractivity contribution in [3.8, 4) is 5.75 Å². The fourth-order valence-corrected chi connectivity index (χ4v) is 1.54. The lowest BCUT2D eigenvalue weighted by Gasteiger charge is -2.15. The first-order valence-electron chi connectivity index (χ1n) is 6.19. The number of amides is 1. The molecular weight excluding hydrogens is 264 g/mol. The van der Waals surface area contributed by atoms with Crippen molar-refractivity contribution in [2.24, 2.45) is 5.10 Å². The second-order valence-electron chi connectivity index (χ2n) is 4.35. The van der Waals surface area contributed by atoms with Crippen molar-refractivity contribution in [2.45, 2.75) is 40.2 Å². The Bertz CT molecular complexity index is 486. The second-order valence-corrected chi connectivity index (χ2v) is 4.78. The summed E-state index contributed by atoms with van der Waals surface area (Å²) in [6.45, 7) is 7.39. The van der Waals surface area contributed by atoms with E-state index in [0.717, 1.165) is 17.7 Å².